The van der Waals surface area contributed by atoms with Crippen molar-refractivity contribution in [3.05, 3.63) is 71.5 Å². The summed E-state index contributed by atoms with van der Waals surface area (Å²) in [6, 6.07) is 13.8. The molecule has 2 atom stereocenters. The van der Waals surface area contributed by atoms with Crippen LogP contribution in [0.5, 0.6) is 0 Å². The van der Waals surface area contributed by atoms with Gasteiger partial charge < -0.3 is 10.4 Å². The first-order valence-corrected chi connectivity index (χ1v) is 8.11. The van der Waals surface area contributed by atoms with Crippen LogP contribution in [0.1, 0.15) is 30.6 Å². The van der Waals surface area contributed by atoms with E-state index in [1.165, 1.54) is 24.3 Å². The van der Waals surface area contributed by atoms with Crippen LogP contribution in [0.15, 0.2) is 54.6 Å². The zero-order valence-electron chi connectivity index (χ0n) is 13.8. The Morgan fingerprint density at radius 3 is 2.36 bits per heavy atom. The lowest BCUT2D eigenvalue weighted by atomic mass is 9.87. The van der Waals surface area contributed by atoms with Crippen LogP contribution in [0.25, 0.3) is 0 Å². The molecular formula is C19H19FN2O3. The number of hydrogen-bond donors (Lipinski definition) is 2. The highest BCUT2D eigenvalue weighted by molar-refractivity contribution is 6.07. The zero-order valence-corrected chi connectivity index (χ0v) is 13.8. The molecule has 2 aromatic rings. The molecule has 0 bridgehead atoms. The van der Waals surface area contributed by atoms with E-state index in [1.807, 2.05) is 6.07 Å². The monoisotopic (exact) mass is 342 g/mol. The summed E-state index contributed by atoms with van der Waals surface area (Å²) in [5, 5.41) is 13.1. The number of nitrogens with one attached hydrogen (secondary N) is 1. The van der Waals surface area contributed by atoms with E-state index in [0.717, 1.165) is 4.90 Å². The van der Waals surface area contributed by atoms with Crippen molar-refractivity contribution in [2.45, 2.75) is 25.0 Å². The molecule has 6 heteroatoms. The maximum atomic E-state index is 13.2. The van der Waals surface area contributed by atoms with Crippen molar-refractivity contribution in [2.24, 2.45) is 0 Å². The zero-order chi connectivity index (χ0) is 18.0. The van der Waals surface area contributed by atoms with Crippen LogP contribution in [0.3, 0.4) is 0 Å². The Bertz CT molecular complexity index is 779. The van der Waals surface area contributed by atoms with Gasteiger partial charge in [0.25, 0.3) is 5.91 Å². The van der Waals surface area contributed by atoms with Gasteiger partial charge in [0.2, 0.25) is 0 Å². The molecule has 25 heavy (non-hydrogen) atoms. The third-order valence-electron chi connectivity index (χ3n) is 4.58. The molecule has 3 rings (SSSR count). The first-order valence-electron chi connectivity index (χ1n) is 8.11. The van der Waals surface area contributed by atoms with Gasteiger partial charge in [-0.05, 0) is 29.7 Å². The number of hydrogen-bond acceptors (Lipinski definition) is 3. The van der Waals surface area contributed by atoms with E-state index in [4.69, 9.17) is 0 Å². The van der Waals surface area contributed by atoms with E-state index in [0.29, 0.717) is 17.5 Å². The maximum absolute atomic E-state index is 13.2. The van der Waals surface area contributed by atoms with Crippen molar-refractivity contribution < 1.29 is 19.1 Å². The standard InChI is InChI=1S/C19H19FN2O3/c1-2-19(14-8-10-15(20)11-9-14)17(24)22(18(25)21-19)12-16(23)13-6-4-3-5-7-13/h3-11,16,23H,2,12H2,1H3,(H,21,25)/t16-,19+/m0/s1. The van der Waals surface area contributed by atoms with Gasteiger partial charge in [-0.25, -0.2) is 9.18 Å². The van der Waals surface area contributed by atoms with Gasteiger partial charge in [-0.3, -0.25) is 9.69 Å². The Morgan fingerprint density at radius 2 is 1.76 bits per heavy atom. The van der Waals surface area contributed by atoms with Gasteiger partial charge in [0.15, 0.2) is 0 Å². The fourth-order valence-electron chi connectivity index (χ4n) is 3.12. The quantitative estimate of drug-likeness (QED) is 0.821. The Labute approximate surface area is 145 Å². The minimum absolute atomic E-state index is 0.141. The topological polar surface area (TPSA) is 69.6 Å². The van der Waals surface area contributed by atoms with Crippen molar-refractivity contribution in [3.63, 3.8) is 0 Å². The molecule has 0 radical (unpaired) electrons. The van der Waals surface area contributed by atoms with Crippen LogP contribution in [-0.2, 0) is 10.3 Å². The van der Waals surface area contributed by atoms with Gasteiger partial charge in [0, 0.05) is 0 Å². The summed E-state index contributed by atoms with van der Waals surface area (Å²) in [5.74, 6) is -0.857. The van der Waals surface area contributed by atoms with Crippen LogP contribution in [0.4, 0.5) is 9.18 Å². The smallest absolute Gasteiger partial charge is 0.325 e. The fraction of sp³-hybridized carbons (Fsp3) is 0.263. The molecular weight excluding hydrogens is 323 g/mol. The average molecular weight is 342 g/mol. The molecule has 5 nitrogen and oxygen atoms in total. The van der Waals surface area contributed by atoms with Gasteiger partial charge in [-0.1, -0.05) is 49.4 Å². The normalized spacial score (nSPS) is 21.3. The summed E-state index contributed by atoms with van der Waals surface area (Å²) in [4.78, 5) is 26.4. The molecule has 130 valence electrons. The molecule has 0 aliphatic carbocycles. The number of rotatable bonds is 5. The summed E-state index contributed by atoms with van der Waals surface area (Å²) in [5.41, 5.74) is -0.0911. The van der Waals surface area contributed by atoms with Crippen molar-refractivity contribution >= 4 is 11.9 Å². The van der Waals surface area contributed by atoms with Gasteiger partial charge in [0.05, 0.1) is 12.6 Å². The number of urea groups is 1. The second-order valence-electron chi connectivity index (χ2n) is 6.04. The molecule has 1 aliphatic rings. The van der Waals surface area contributed by atoms with Crippen LogP contribution >= 0.6 is 0 Å². The first kappa shape index (κ1) is 17.1. The third kappa shape index (κ3) is 3.00. The highest BCUT2D eigenvalue weighted by atomic mass is 19.1. The fourth-order valence-corrected chi connectivity index (χ4v) is 3.12. The number of halogens is 1. The van der Waals surface area contributed by atoms with Gasteiger partial charge >= 0.3 is 6.03 Å². The molecule has 0 spiro atoms. The van der Waals surface area contributed by atoms with Crippen LogP contribution in [0.2, 0.25) is 0 Å². The lowest BCUT2D eigenvalue weighted by Gasteiger charge is -2.26. The van der Waals surface area contributed by atoms with E-state index < -0.39 is 29.4 Å². The van der Waals surface area contributed by atoms with Crippen LogP contribution < -0.4 is 5.32 Å². The summed E-state index contributed by atoms with van der Waals surface area (Å²) in [7, 11) is 0. The minimum Gasteiger partial charge on any atom is -0.387 e. The predicted octanol–water partition coefficient (Wildman–Crippen LogP) is 2.72. The molecule has 0 saturated carbocycles. The van der Waals surface area contributed by atoms with E-state index in [-0.39, 0.29) is 6.54 Å². The average Bonchev–Trinajstić information content (AvgIpc) is 2.88. The Hall–Kier alpha value is -2.73. The second kappa shape index (κ2) is 6.64. The lowest BCUT2D eigenvalue weighted by molar-refractivity contribution is -0.132. The molecule has 1 heterocycles. The SMILES string of the molecule is CC[C@]1(c2ccc(F)cc2)NC(=O)N(C[C@H](O)c2ccccc2)C1=O. The molecule has 1 aliphatic heterocycles. The van der Waals surface area contributed by atoms with Crippen LogP contribution in [-0.4, -0.2) is 28.5 Å². The highest BCUT2D eigenvalue weighted by Crippen LogP contribution is 2.33. The van der Waals surface area contributed by atoms with E-state index in [1.54, 1.807) is 31.2 Å². The number of nitrogens with zero attached hydrogens (tertiary/aromatic N) is 1. The van der Waals surface area contributed by atoms with Crippen molar-refractivity contribution in [1.82, 2.24) is 10.2 Å². The molecule has 0 unspecified atom stereocenters. The van der Waals surface area contributed by atoms with Crippen molar-refractivity contribution in [2.75, 3.05) is 6.54 Å². The summed E-state index contributed by atoms with van der Waals surface area (Å²) < 4.78 is 13.2. The van der Waals surface area contributed by atoms with Gasteiger partial charge in [-0.15, -0.1) is 0 Å². The molecule has 3 amide bonds. The number of imide groups is 1. The lowest BCUT2D eigenvalue weighted by Crippen LogP contribution is -2.43. The number of aliphatic hydroxyl groups excluding tert-OH is 1. The molecule has 0 aromatic heterocycles. The molecule has 1 fully saturated rings. The predicted molar refractivity (Wildman–Crippen MR) is 90.0 cm³/mol. The van der Waals surface area contributed by atoms with Gasteiger partial charge in [-0.2, -0.15) is 0 Å². The largest absolute Gasteiger partial charge is 0.387 e. The van der Waals surface area contributed by atoms with E-state index in [2.05, 4.69) is 5.32 Å². The molecule has 2 N–H and O–H groups in total. The first-order chi connectivity index (χ1) is 12.0. The van der Waals surface area contributed by atoms with Crippen molar-refractivity contribution in [3.8, 4) is 0 Å². The van der Waals surface area contributed by atoms with E-state index >= 15 is 0 Å². The molecule has 1 saturated heterocycles. The van der Waals surface area contributed by atoms with E-state index in [9.17, 15) is 19.1 Å². The van der Waals surface area contributed by atoms with Crippen molar-refractivity contribution in [1.29, 1.82) is 0 Å². The third-order valence-corrected chi connectivity index (χ3v) is 4.58. The number of β-amino-alcohol motifs (C(OH)–C–C–N with tert-alkyl or cyclic N) is 1. The number of carbonyl (C=O) groups excluding carboxylic acids is 2. The maximum Gasteiger partial charge on any atom is 0.325 e. The summed E-state index contributed by atoms with van der Waals surface area (Å²) >= 11 is 0. The summed E-state index contributed by atoms with van der Waals surface area (Å²) in [6.45, 7) is 1.64. The number of amides is 3. The Kier molecular flexibility index (Phi) is 4.55. The number of benzene rings is 2. The second-order valence-corrected chi connectivity index (χ2v) is 6.04. The summed E-state index contributed by atoms with van der Waals surface area (Å²) in [6.07, 6.45) is -0.655. The Morgan fingerprint density at radius 1 is 1.12 bits per heavy atom. The number of aliphatic hydroxyl groups is 1. The van der Waals surface area contributed by atoms with Gasteiger partial charge in [0.1, 0.15) is 11.4 Å². The minimum atomic E-state index is -1.23. The Balaban J connectivity index is 1.87. The van der Waals surface area contributed by atoms with Crippen LogP contribution in [0, 0.1) is 5.82 Å². The highest BCUT2D eigenvalue weighted by Gasteiger charge is 2.51. The number of carbonyl (C=O) groups is 2. The molecule has 2 aromatic carbocycles.